The molecule has 1 fully saturated rings. The molecule has 0 aromatic heterocycles. The van der Waals surface area contributed by atoms with Crippen LogP contribution in [0.25, 0.3) is 0 Å². The Morgan fingerprint density at radius 1 is 1.21 bits per heavy atom. The lowest BCUT2D eigenvalue weighted by molar-refractivity contribution is -0.129. The molecule has 0 spiro atoms. The van der Waals surface area contributed by atoms with Crippen LogP contribution in [-0.2, 0) is 20.7 Å². The first-order valence-corrected chi connectivity index (χ1v) is 8.76. The average Bonchev–Trinajstić information content (AvgIpc) is 3.36. The van der Waals surface area contributed by atoms with Crippen LogP contribution in [0.2, 0.25) is 0 Å². The third-order valence-electron chi connectivity index (χ3n) is 3.78. The third kappa shape index (κ3) is 7.13. The van der Waals surface area contributed by atoms with Gasteiger partial charge in [0.25, 0.3) is 0 Å². The van der Waals surface area contributed by atoms with Gasteiger partial charge in [-0.05, 0) is 24.3 Å². The quantitative estimate of drug-likeness (QED) is 0.645. The molecule has 5 heteroatoms. The summed E-state index contributed by atoms with van der Waals surface area (Å²) in [6.07, 6.45) is 2.83. The predicted octanol–water partition coefficient (Wildman–Crippen LogP) is 2.06. The van der Waals surface area contributed by atoms with Crippen molar-refractivity contribution in [1.29, 1.82) is 0 Å². The summed E-state index contributed by atoms with van der Waals surface area (Å²) in [6.45, 7) is 5.16. The van der Waals surface area contributed by atoms with Gasteiger partial charge >= 0.3 is 0 Å². The highest BCUT2D eigenvalue weighted by atomic mass is 16.5. The summed E-state index contributed by atoms with van der Waals surface area (Å²) >= 11 is 0. The smallest absolute Gasteiger partial charge is 0.243 e. The van der Waals surface area contributed by atoms with Crippen molar-refractivity contribution in [2.75, 3.05) is 13.2 Å². The Morgan fingerprint density at radius 3 is 2.54 bits per heavy atom. The molecule has 132 valence electrons. The second-order valence-electron chi connectivity index (χ2n) is 6.81. The van der Waals surface area contributed by atoms with Gasteiger partial charge in [-0.3, -0.25) is 9.59 Å². The first-order chi connectivity index (χ1) is 11.5. The molecule has 0 heterocycles. The standard InChI is InChI=1S/C19H28N2O3/c1-14(2)13-24-11-10-18(22)21-17(19(23)20-16-8-9-16)12-15-6-4-3-5-7-15/h3-7,14,16-17H,8-13H2,1-2H3,(H,20,23)(H,21,22)/t17-/m0/s1. The molecule has 1 atom stereocenters. The van der Waals surface area contributed by atoms with Crippen molar-refractivity contribution < 1.29 is 14.3 Å². The molecule has 24 heavy (non-hydrogen) atoms. The second kappa shape index (κ2) is 9.42. The van der Waals surface area contributed by atoms with Crippen molar-refractivity contribution in [3.8, 4) is 0 Å². The highest BCUT2D eigenvalue weighted by molar-refractivity contribution is 5.88. The lowest BCUT2D eigenvalue weighted by Gasteiger charge is -2.19. The normalized spacial score (nSPS) is 15.1. The van der Waals surface area contributed by atoms with Gasteiger partial charge in [-0.1, -0.05) is 44.2 Å². The molecule has 2 N–H and O–H groups in total. The van der Waals surface area contributed by atoms with Crippen molar-refractivity contribution in [3.05, 3.63) is 35.9 Å². The molecule has 0 radical (unpaired) electrons. The fourth-order valence-corrected chi connectivity index (χ4v) is 2.34. The van der Waals surface area contributed by atoms with Crippen LogP contribution in [-0.4, -0.2) is 37.1 Å². The Hall–Kier alpha value is -1.88. The summed E-state index contributed by atoms with van der Waals surface area (Å²) < 4.78 is 5.44. The van der Waals surface area contributed by atoms with E-state index in [0.717, 1.165) is 18.4 Å². The highest BCUT2D eigenvalue weighted by Gasteiger charge is 2.28. The average molecular weight is 332 g/mol. The first-order valence-electron chi connectivity index (χ1n) is 8.76. The fourth-order valence-electron chi connectivity index (χ4n) is 2.34. The number of benzene rings is 1. The van der Waals surface area contributed by atoms with Crippen LogP contribution in [0.1, 0.15) is 38.7 Å². The molecule has 2 rings (SSSR count). The number of hydrogen-bond donors (Lipinski definition) is 2. The van der Waals surface area contributed by atoms with Crippen molar-refractivity contribution in [1.82, 2.24) is 10.6 Å². The van der Waals surface area contributed by atoms with E-state index in [1.165, 1.54) is 0 Å². The van der Waals surface area contributed by atoms with Gasteiger partial charge in [0, 0.05) is 25.5 Å². The summed E-state index contributed by atoms with van der Waals surface area (Å²) in [5.74, 6) is 0.201. The van der Waals surface area contributed by atoms with E-state index in [2.05, 4.69) is 24.5 Å². The molecule has 1 aromatic carbocycles. The van der Waals surface area contributed by atoms with Crippen molar-refractivity contribution >= 4 is 11.8 Å². The van der Waals surface area contributed by atoms with E-state index in [1.54, 1.807) is 0 Å². The van der Waals surface area contributed by atoms with Crippen LogP contribution in [0.5, 0.6) is 0 Å². The largest absolute Gasteiger partial charge is 0.381 e. The van der Waals surface area contributed by atoms with Gasteiger partial charge in [0.2, 0.25) is 11.8 Å². The Kier molecular flexibility index (Phi) is 7.25. The number of carbonyl (C=O) groups is 2. The Labute approximate surface area is 144 Å². The Bertz CT molecular complexity index is 527. The second-order valence-corrected chi connectivity index (χ2v) is 6.81. The van der Waals surface area contributed by atoms with E-state index >= 15 is 0 Å². The zero-order chi connectivity index (χ0) is 17.4. The number of ether oxygens (including phenoxy) is 1. The lowest BCUT2D eigenvalue weighted by Crippen LogP contribution is -2.48. The van der Waals surface area contributed by atoms with Crippen molar-refractivity contribution in [3.63, 3.8) is 0 Å². The topological polar surface area (TPSA) is 67.4 Å². The molecule has 0 unspecified atom stereocenters. The molecule has 1 aliphatic rings. The highest BCUT2D eigenvalue weighted by Crippen LogP contribution is 2.19. The van der Waals surface area contributed by atoms with Crippen LogP contribution < -0.4 is 10.6 Å². The van der Waals surface area contributed by atoms with Crippen LogP contribution >= 0.6 is 0 Å². The van der Waals surface area contributed by atoms with Crippen LogP contribution in [0, 0.1) is 5.92 Å². The summed E-state index contributed by atoms with van der Waals surface area (Å²) in [5, 5.41) is 5.83. The summed E-state index contributed by atoms with van der Waals surface area (Å²) in [6, 6.07) is 9.49. The maximum atomic E-state index is 12.4. The lowest BCUT2D eigenvalue weighted by atomic mass is 10.0. The Morgan fingerprint density at radius 2 is 1.92 bits per heavy atom. The van der Waals surface area contributed by atoms with Gasteiger partial charge in [0.1, 0.15) is 6.04 Å². The number of carbonyl (C=O) groups excluding carboxylic acids is 2. The predicted molar refractivity (Wildman–Crippen MR) is 93.5 cm³/mol. The molecule has 1 aliphatic carbocycles. The van der Waals surface area contributed by atoms with Gasteiger partial charge in [-0.25, -0.2) is 0 Å². The van der Waals surface area contributed by atoms with Gasteiger partial charge in [-0.2, -0.15) is 0 Å². The number of amides is 2. The van der Waals surface area contributed by atoms with E-state index in [0.29, 0.717) is 25.6 Å². The first kappa shape index (κ1) is 18.5. The summed E-state index contributed by atoms with van der Waals surface area (Å²) in [7, 11) is 0. The van der Waals surface area contributed by atoms with Crippen molar-refractivity contribution in [2.45, 2.75) is 51.6 Å². The van der Waals surface area contributed by atoms with Gasteiger partial charge in [0.05, 0.1) is 6.61 Å². The number of rotatable bonds is 10. The molecule has 5 nitrogen and oxygen atoms in total. The maximum absolute atomic E-state index is 12.4. The third-order valence-corrected chi connectivity index (χ3v) is 3.78. The van der Waals surface area contributed by atoms with Crippen LogP contribution in [0.4, 0.5) is 0 Å². The van der Waals surface area contributed by atoms with Gasteiger partial charge < -0.3 is 15.4 Å². The summed E-state index contributed by atoms with van der Waals surface area (Å²) in [4.78, 5) is 24.5. The molecule has 0 bridgehead atoms. The minimum absolute atomic E-state index is 0.0993. The molecular weight excluding hydrogens is 304 g/mol. The number of nitrogens with one attached hydrogen (secondary N) is 2. The maximum Gasteiger partial charge on any atom is 0.243 e. The fraction of sp³-hybridized carbons (Fsp3) is 0.579. The number of hydrogen-bond acceptors (Lipinski definition) is 3. The molecule has 2 amide bonds. The SMILES string of the molecule is CC(C)COCCC(=O)N[C@@H](Cc1ccccc1)C(=O)NC1CC1. The van der Waals surface area contributed by atoms with Crippen LogP contribution in [0.15, 0.2) is 30.3 Å². The minimum atomic E-state index is -0.536. The molecule has 0 saturated heterocycles. The molecular formula is C19H28N2O3. The van der Waals surface area contributed by atoms with E-state index in [9.17, 15) is 9.59 Å². The van der Waals surface area contributed by atoms with Gasteiger partial charge in [0.15, 0.2) is 0 Å². The monoisotopic (exact) mass is 332 g/mol. The summed E-state index contributed by atoms with van der Waals surface area (Å²) in [5.41, 5.74) is 1.03. The van der Waals surface area contributed by atoms with E-state index in [4.69, 9.17) is 4.74 Å². The molecule has 1 aromatic rings. The zero-order valence-electron chi connectivity index (χ0n) is 14.6. The molecule has 0 aliphatic heterocycles. The van der Waals surface area contributed by atoms with Crippen molar-refractivity contribution in [2.24, 2.45) is 5.92 Å². The van der Waals surface area contributed by atoms with E-state index in [-0.39, 0.29) is 24.3 Å². The zero-order valence-corrected chi connectivity index (χ0v) is 14.6. The van der Waals surface area contributed by atoms with Crippen LogP contribution in [0.3, 0.4) is 0 Å². The minimum Gasteiger partial charge on any atom is -0.381 e. The Balaban J connectivity index is 1.84. The van der Waals surface area contributed by atoms with Gasteiger partial charge in [-0.15, -0.1) is 0 Å². The van der Waals surface area contributed by atoms with E-state index < -0.39 is 6.04 Å². The van der Waals surface area contributed by atoms with E-state index in [1.807, 2.05) is 30.3 Å². The molecule has 1 saturated carbocycles.